The average Bonchev–Trinajstić information content (AvgIpc) is 2.89. The number of hydrogen-bond donors (Lipinski definition) is 2. The molecule has 2 aromatic rings. The number of carbonyl (C=O) groups is 1. The molecule has 0 spiro atoms. The Bertz CT molecular complexity index is 628. The fraction of sp³-hybridized carbons (Fsp3) is 0.333. The number of rotatable bonds is 7. The molecule has 0 aliphatic rings. The Balaban J connectivity index is 2.08. The van der Waals surface area contributed by atoms with E-state index < -0.39 is 0 Å². The molecular formula is C15H18ClN3O2S. The van der Waals surface area contributed by atoms with Crippen LogP contribution in [0.15, 0.2) is 35.6 Å². The first-order chi connectivity index (χ1) is 10.6. The molecule has 0 bridgehead atoms. The number of aliphatic hydroxyl groups excluding tert-OH is 1. The first-order valence-corrected chi connectivity index (χ1v) is 8.29. The zero-order valence-electron chi connectivity index (χ0n) is 12.3. The molecule has 1 amide bonds. The zero-order valence-corrected chi connectivity index (χ0v) is 13.8. The number of hydrogen-bond acceptors (Lipinski definition) is 4. The van der Waals surface area contributed by atoms with Gasteiger partial charge in [-0.1, -0.05) is 35.5 Å². The molecule has 0 atom stereocenters. The van der Waals surface area contributed by atoms with Crippen molar-refractivity contribution in [3.8, 4) is 0 Å². The van der Waals surface area contributed by atoms with Gasteiger partial charge in [0.15, 0.2) is 5.16 Å². The molecule has 0 aliphatic carbocycles. The Kier molecular flexibility index (Phi) is 6.30. The van der Waals surface area contributed by atoms with Crippen molar-refractivity contribution in [2.24, 2.45) is 0 Å². The van der Waals surface area contributed by atoms with Crippen molar-refractivity contribution in [3.05, 3.63) is 46.7 Å². The minimum Gasteiger partial charge on any atom is -0.390 e. The lowest BCUT2D eigenvalue weighted by molar-refractivity contribution is -0.121. The minimum absolute atomic E-state index is 0.0939. The number of imidazole rings is 1. The topological polar surface area (TPSA) is 67.2 Å². The SMILES string of the molecule is CCNC(=O)Cn1c(CO)cnc1SCc1ccc(Cl)cc1. The van der Waals surface area contributed by atoms with E-state index in [0.717, 1.165) is 5.56 Å². The summed E-state index contributed by atoms with van der Waals surface area (Å²) in [6.07, 6.45) is 1.60. The predicted molar refractivity (Wildman–Crippen MR) is 87.8 cm³/mol. The van der Waals surface area contributed by atoms with E-state index >= 15 is 0 Å². The van der Waals surface area contributed by atoms with Gasteiger partial charge in [0, 0.05) is 17.3 Å². The van der Waals surface area contributed by atoms with Gasteiger partial charge in [-0.05, 0) is 24.6 Å². The lowest BCUT2D eigenvalue weighted by Gasteiger charge is -2.10. The molecule has 0 saturated carbocycles. The standard InChI is InChI=1S/C15H18ClN3O2S/c1-2-17-14(21)8-19-13(9-20)7-18-15(19)22-10-11-3-5-12(16)6-4-11/h3-7,20H,2,8-10H2,1H3,(H,17,21). The monoisotopic (exact) mass is 339 g/mol. The van der Waals surface area contributed by atoms with Crippen LogP contribution in [0.25, 0.3) is 0 Å². The average molecular weight is 340 g/mol. The number of nitrogens with zero attached hydrogens (tertiary/aromatic N) is 2. The Morgan fingerprint density at radius 3 is 2.77 bits per heavy atom. The van der Waals surface area contributed by atoms with E-state index in [9.17, 15) is 9.90 Å². The molecule has 2 N–H and O–H groups in total. The second kappa shape index (κ2) is 8.22. The number of carbonyl (C=O) groups excluding carboxylic acids is 1. The van der Waals surface area contributed by atoms with E-state index in [4.69, 9.17) is 11.6 Å². The summed E-state index contributed by atoms with van der Waals surface area (Å²) >= 11 is 7.39. The quantitative estimate of drug-likeness (QED) is 0.760. The third-order valence-electron chi connectivity index (χ3n) is 3.02. The number of thioether (sulfide) groups is 1. The summed E-state index contributed by atoms with van der Waals surface area (Å²) in [4.78, 5) is 16.1. The highest BCUT2D eigenvalue weighted by molar-refractivity contribution is 7.98. The van der Waals surface area contributed by atoms with E-state index in [1.54, 1.807) is 10.8 Å². The maximum Gasteiger partial charge on any atom is 0.240 e. The van der Waals surface area contributed by atoms with Crippen LogP contribution in [0.5, 0.6) is 0 Å². The van der Waals surface area contributed by atoms with Crippen molar-refractivity contribution < 1.29 is 9.90 Å². The highest BCUT2D eigenvalue weighted by atomic mass is 35.5. The number of aromatic nitrogens is 2. The van der Waals surface area contributed by atoms with Crippen molar-refractivity contribution in [2.75, 3.05) is 6.54 Å². The van der Waals surface area contributed by atoms with E-state index in [1.807, 2.05) is 31.2 Å². The van der Waals surface area contributed by atoms with Crippen molar-refractivity contribution in [2.45, 2.75) is 31.0 Å². The second-order valence-electron chi connectivity index (χ2n) is 4.65. The largest absolute Gasteiger partial charge is 0.390 e. The summed E-state index contributed by atoms with van der Waals surface area (Å²) in [6, 6.07) is 7.61. The van der Waals surface area contributed by atoms with Gasteiger partial charge < -0.3 is 15.0 Å². The predicted octanol–water partition coefficient (Wildman–Crippen LogP) is 2.46. The van der Waals surface area contributed by atoms with Gasteiger partial charge in [-0.2, -0.15) is 0 Å². The van der Waals surface area contributed by atoms with Gasteiger partial charge in [-0.3, -0.25) is 4.79 Å². The van der Waals surface area contributed by atoms with Gasteiger partial charge in [-0.25, -0.2) is 4.98 Å². The highest BCUT2D eigenvalue weighted by Crippen LogP contribution is 2.24. The summed E-state index contributed by atoms with van der Waals surface area (Å²) in [6.45, 7) is 2.46. The lowest BCUT2D eigenvalue weighted by atomic mass is 10.2. The molecule has 22 heavy (non-hydrogen) atoms. The van der Waals surface area contributed by atoms with Crippen LogP contribution in [0.4, 0.5) is 0 Å². The normalized spacial score (nSPS) is 10.7. The number of aliphatic hydroxyl groups is 1. The molecular weight excluding hydrogens is 322 g/mol. The summed E-state index contributed by atoms with van der Waals surface area (Å²) < 4.78 is 1.74. The highest BCUT2D eigenvalue weighted by Gasteiger charge is 2.13. The molecule has 2 rings (SSSR count). The summed E-state index contributed by atoms with van der Waals surface area (Å²) in [5, 5.41) is 13.5. The van der Waals surface area contributed by atoms with Crippen LogP contribution in [0, 0.1) is 0 Å². The van der Waals surface area contributed by atoms with Crippen molar-refractivity contribution in [3.63, 3.8) is 0 Å². The molecule has 5 nitrogen and oxygen atoms in total. The van der Waals surface area contributed by atoms with Crippen molar-refractivity contribution in [1.29, 1.82) is 0 Å². The van der Waals surface area contributed by atoms with Crippen LogP contribution >= 0.6 is 23.4 Å². The van der Waals surface area contributed by atoms with E-state index in [0.29, 0.717) is 28.2 Å². The van der Waals surface area contributed by atoms with Crippen molar-refractivity contribution in [1.82, 2.24) is 14.9 Å². The Morgan fingerprint density at radius 1 is 1.41 bits per heavy atom. The van der Waals surface area contributed by atoms with Crippen LogP contribution in [0.3, 0.4) is 0 Å². The molecule has 1 aromatic carbocycles. The molecule has 118 valence electrons. The number of nitrogens with one attached hydrogen (secondary N) is 1. The first kappa shape index (κ1) is 16.9. The number of amides is 1. The summed E-state index contributed by atoms with van der Waals surface area (Å²) in [5.74, 6) is 0.623. The molecule has 7 heteroatoms. The van der Waals surface area contributed by atoms with Gasteiger partial charge in [0.1, 0.15) is 6.54 Å². The molecule has 1 aromatic heterocycles. The number of benzene rings is 1. The lowest BCUT2D eigenvalue weighted by Crippen LogP contribution is -2.28. The Morgan fingerprint density at radius 2 is 2.14 bits per heavy atom. The van der Waals surface area contributed by atoms with E-state index in [-0.39, 0.29) is 19.1 Å². The Labute approximate surface area is 138 Å². The van der Waals surface area contributed by atoms with Crippen LogP contribution in [-0.2, 0) is 23.7 Å². The molecule has 1 heterocycles. The molecule has 0 fully saturated rings. The number of likely N-dealkylation sites (N-methyl/N-ethyl adjacent to an activating group) is 1. The molecule has 0 radical (unpaired) electrons. The second-order valence-corrected chi connectivity index (χ2v) is 6.02. The molecule has 0 aliphatic heterocycles. The van der Waals surface area contributed by atoms with Crippen LogP contribution in [0.1, 0.15) is 18.2 Å². The van der Waals surface area contributed by atoms with Crippen LogP contribution in [0.2, 0.25) is 5.02 Å². The third kappa shape index (κ3) is 4.50. The fourth-order valence-corrected chi connectivity index (χ4v) is 3.01. The maximum atomic E-state index is 11.8. The van der Waals surface area contributed by atoms with Gasteiger partial charge >= 0.3 is 0 Å². The third-order valence-corrected chi connectivity index (χ3v) is 4.33. The molecule has 0 unspecified atom stereocenters. The van der Waals surface area contributed by atoms with Gasteiger partial charge in [-0.15, -0.1) is 0 Å². The minimum atomic E-state index is -0.145. The first-order valence-electron chi connectivity index (χ1n) is 6.93. The maximum absolute atomic E-state index is 11.8. The van der Waals surface area contributed by atoms with Crippen LogP contribution in [-0.4, -0.2) is 27.1 Å². The van der Waals surface area contributed by atoms with Gasteiger partial charge in [0.25, 0.3) is 0 Å². The smallest absolute Gasteiger partial charge is 0.240 e. The molecule has 0 saturated heterocycles. The number of halogens is 1. The van der Waals surface area contributed by atoms with Crippen LogP contribution < -0.4 is 5.32 Å². The van der Waals surface area contributed by atoms with E-state index in [2.05, 4.69) is 10.3 Å². The van der Waals surface area contributed by atoms with Crippen molar-refractivity contribution >= 4 is 29.3 Å². The van der Waals surface area contributed by atoms with E-state index in [1.165, 1.54) is 11.8 Å². The Hall–Kier alpha value is -1.50. The van der Waals surface area contributed by atoms with Gasteiger partial charge in [0.05, 0.1) is 18.5 Å². The summed E-state index contributed by atoms with van der Waals surface area (Å²) in [5.41, 5.74) is 1.75. The summed E-state index contributed by atoms with van der Waals surface area (Å²) in [7, 11) is 0. The zero-order chi connectivity index (χ0) is 15.9. The fourth-order valence-electron chi connectivity index (χ4n) is 1.93. The van der Waals surface area contributed by atoms with Gasteiger partial charge in [0.2, 0.25) is 5.91 Å².